The second-order valence-corrected chi connectivity index (χ2v) is 3.22. The van der Waals surface area contributed by atoms with E-state index < -0.39 is 0 Å². The third-order valence-electron chi connectivity index (χ3n) is 2.60. The van der Waals surface area contributed by atoms with Crippen LogP contribution in [0, 0.1) is 11.8 Å². The summed E-state index contributed by atoms with van der Waals surface area (Å²) in [6, 6.07) is 0. The van der Waals surface area contributed by atoms with Crippen LogP contribution in [0.5, 0.6) is 0 Å². The first-order valence-corrected chi connectivity index (χ1v) is 4.19. The number of aliphatic hydroxyl groups excluding tert-OH is 1. The van der Waals surface area contributed by atoms with Crippen molar-refractivity contribution < 1.29 is 5.11 Å². The number of rotatable bonds is 2. The standard InChI is InChI=1S/C8H17NO/c9-5-7-3-1-2-4-8(7)6-10/h7-8,10H,1-6,9H2/t7-,8-/m0/s1. The summed E-state index contributed by atoms with van der Waals surface area (Å²) in [6.45, 7) is 1.09. The molecular formula is C8H17NO. The van der Waals surface area contributed by atoms with Gasteiger partial charge in [0.15, 0.2) is 0 Å². The van der Waals surface area contributed by atoms with Crippen LogP contribution >= 0.6 is 0 Å². The maximum atomic E-state index is 8.94. The third-order valence-corrected chi connectivity index (χ3v) is 2.60. The summed E-state index contributed by atoms with van der Waals surface area (Å²) < 4.78 is 0. The van der Waals surface area contributed by atoms with Crippen LogP contribution in [-0.2, 0) is 0 Å². The third kappa shape index (κ3) is 1.70. The molecule has 0 amide bonds. The second-order valence-electron chi connectivity index (χ2n) is 3.22. The van der Waals surface area contributed by atoms with E-state index in [0.717, 1.165) is 6.54 Å². The number of aliphatic hydroxyl groups is 1. The Kier molecular flexibility index (Phi) is 3.16. The molecule has 1 fully saturated rings. The average molecular weight is 143 g/mol. The van der Waals surface area contributed by atoms with Crippen molar-refractivity contribution in [2.45, 2.75) is 25.7 Å². The molecule has 0 unspecified atom stereocenters. The van der Waals surface area contributed by atoms with Gasteiger partial charge in [-0.05, 0) is 31.2 Å². The minimum Gasteiger partial charge on any atom is -0.396 e. The molecule has 1 aliphatic rings. The van der Waals surface area contributed by atoms with E-state index in [1.807, 2.05) is 0 Å². The van der Waals surface area contributed by atoms with Crippen molar-refractivity contribution in [1.29, 1.82) is 0 Å². The molecule has 0 aromatic rings. The SMILES string of the molecule is NC[C@@H]1CCCC[C@H]1CO. The van der Waals surface area contributed by atoms with Gasteiger partial charge in [0.25, 0.3) is 0 Å². The zero-order valence-electron chi connectivity index (χ0n) is 6.42. The van der Waals surface area contributed by atoms with Crippen LogP contribution in [0.3, 0.4) is 0 Å². The Morgan fingerprint density at radius 2 is 1.80 bits per heavy atom. The van der Waals surface area contributed by atoms with E-state index in [1.165, 1.54) is 25.7 Å². The molecule has 0 aromatic carbocycles. The van der Waals surface area contributed by atoms with Crippen molar-refractivity contribution in [2.75, 3.05) is 13.2 Å². The molecule has 0 aliphatic heterocycles. The van der Waals surface area contributed by atoms with Crippen molar-refractivity contribution >= 4 is 0 Å². The Labute approximate surface area is 62.4 Å². The molecule has 1 rings (SSSR count). The van der Waals surface area contributed by atoms with Gasteiger partial charge in [-0.15, -0.1) is 0 Å². The van der Waals surface area contributed by atoms with Gasteiger partial charge < -0.3 is 10.8 Å². The summed E-state index contributed by atoms with van der Waals surface area (Å²) in [6.07, 6.45) is 4.99. The van der Waals surface area contributed by atoms with Gasteiger partial charge >= 0.3 is 0 Å². The average Bonchev–Trinajstić information content (AvgIpc) is 2.04. The van der Waals surface area contributed by atoms with Crippen LogP contribution in [-0.4, -0.2) is 18.3 Å². The van der Waals surface area contributed by atoms with E-state index in [-0.39, 0.29) is 0 Å². The Hall–Kier alpha value is -0.0800. The fraction of sp³-hybridized carbons (Fsp3) is 1.00. The molecule has 2 nitrogen and oxygen atoms in total. The quantitative estimate of drug-likeness (QED) is 0.599. The zero-order valence-corrected chi connectivity index (χ0v) is 6.42. The van der Waals surface area contributed by atoms with E-state index in [2.05, 4.69) is 0 Å². The summed E-state index contributed by atoms with van der Waals surface area (Å²) >= 11 is 0. The number of hydrogen-bond donors (Lipinski definition) is 2. The Bertz CT molecular complexity index is 83.3. The van der Waals surface area contributed by atoms with Crippen molar-refractivity contribution in [1.82, 2.24) is 0 Å². The van der Waals surface area contributed by atoms with Gasteiger partial charge in [-0.3, -0.25) is 0 Å². The van der Waals surface area contributed by atoms with Crippen molar-refractivity contribution in [3.63, 3.8) is 0 Å². The maximum Gasteiger partial charge on any atom is 0.0462 e. The van der Waals surface area contributed by atoms with Crippen LogP contribution in [0.1, 0.15) is 25.7 Å². The van der Waals surface area contributed by atoms with Gasteiger partial charge in [0.2, 0.25) is 0 Å². The molecule has 1 aliphatic carbocycles. The fourth-order valence-corrected chi connectivity index (χ4v) is 1.84. The highest BCUT2D eigenvalue weighted by molar-refractivity contribution is 4.74. The molecular weight excluding hydrogens is 126 g/mol. The first kappa shape index (κ1) is 8.02. The lowest BCUT2D eigenvalue weighted by Gasteiger charge is -2.28. The molecule has 0 radical (unpaired) electrons. The van der Waals surface area contributed by atoms with Gasteiger partial charge in [-0.1, -0.05) is 12.8 Å². The summed E-state index contributed by atoms with van der Waals surface area (Å²) in [7, 11) is 0. The van der Waals surface area contributed by atoms with Gasteiger partial charge in [-0.2, -0.15) is 0 Å². The highest BCUT2D eigenvalue weighted by atomic mass is 16.3. The highest BCUT2D eigenvalue weighted by Crippen LogP contribution is 2.28. The molecule has 0 saturated heterocycles. The monoisotopic (exact) mass is 143 g/mol. The molecule has 10 heavy (non-hydrogen) atoms. The van der Waals surface area contributed by atoms with Gasteiger partial charge in [0, 0.05) is 6.61 Å². The lowest BCUT2D eigenvalue weighted by Crippen LogP contribution is -2.28. The topological polar surface area (TPSA) is 46.2 Å². The number of nitrogens with two attached hydrogens (primary N) is 1. The highest BCUT2D eigenvalue weighted by Gasteiger charge is 2.22. The summed E-state index contributed by atoms with van der Waals surface area (Å²) in [5, 5.41) is 8.94. The van der Waals surface area contributed by atoms with Gasteiger partial charge in [0.1, 0.15) is 0 Å². The summed E-state index contributed by atoms with van der Waals surface area (Å²) in [5.74, 6) is 1.09. The van der Waals surface area contributed by atoms with Crippen LogP contribution in [0.25, 0.3) is 0 Å². The van der Waals surface area contributed by atoms with Crippen molar-refractivity contribution in [3.8, 4) is 0 Å². The minimum absolute atomic E-state index is 0.335. The van der Waals surface area contributed by atoms with E-state index in [1.54, 1.807) is 0 Å². The first-order valence-electron chi connectivity index (χ1n) is 4.19. The second kappa shape index (κ2) is 3.94. The molecule has 0 spiro atoms. The fourth-order valence-electron chi connectivity index (χ4n) is 1.84. The van der Waals surface area contributed by atoms with Crippen LogP contribution in [0.15, 0.2) is 0 Å². The zero-order chi connectivity index (χ0) is 7.40. The minimum atomic E-state index is 0.335. The molecule has 2 heteroatoms. The first-order chi connectivity index (χ1) is 4.88. The van der Waals surface area contributed by atoms with E-state index in [9.17, 15) is 0 Å². The lowest BCUT2D eigenvalue weighted by atomic mass is 9.80. The van der Waals surface area contributed by atoms with E-state index >= 15 is 0 Å². The normalized spacial score (nSPS) is 34.2. The van der Waals surface area contributed by atoms with Crippen LogP contribution in [0.4, 0.5) is 0 Å². The van der Waals surface area contributed by atoms with Crippen molar-refractivity contribution in [2.24, 2.45) is 17.6 Å². The maximum absolute atomic E-state index is 8.94. The number of hydrogen-bond acceptors (Lipinski definition) is 2. The smallest absolute Gasteiger partial charge is 0.0462 e. The van der Waals surface area contributed by atoms with Crippen LogP contribution in [0.2, 0.25) is 0 Å². The lowest BCUT2D eigenvalue weighted by molar-refractivity contribution is 0.138. The van der Waals surface area contributed by atoms with Crippen LogP contribution < -0.4 is 5.73 Å². The largest absolute Gasteiger partial charge is 0.396 e. The molecule has 0 bridgehead atoms. The van der Waals surface area contributed by atoms with Gasteiger partial charge in [0.05, 0.1) is 0 Å². The predicted octanol–water partition coefficient (Wildman–Crippen LogP) is 0.744. The summed E-state index contributed by atoms with van der Waals surface area (Å²) in [4.78, 5) is 0. The van der Waals surface area contributed by atoms with Crippen molar-refractivity contribution in [3.05, 3.63) is 0 Å². The Morgan fingerprint density at radius 1 is 1.20 bits per heavy atom. The Morgan fingerprint density at radius 3 is 2.20 bits per heavy atom. The predicted molar refractivity (Wildman–Crippen MR) is 41.6 cm³/mol. The molecule has 0 heterocycles. The molecule has 3 N–H and O–H groups in total. The molecule has 0 aromatic heterocycles. The Balaban J connectivity index is 2.34. The van der Waals surface area contributed by atoms with E-state index in [4.69, 9.17) is 10.8 Å². The molecule has 60 valence electrons. The summed E-state index contributed by atoms with van der Waals surface area (Å²) in [5.41, 5.74) is 5.56. The van der Waals surface area contributed by atoms with Gasteiger partial charge in [-0.25, -0.2) is 0 Å². The molecule has 2 atom stereocenters. The van der Waals surface area contributed by atoms with E-state index in [0.29, 0.717) is 18.4 Å². The molecule has 1 saturated carbocycles.